The Balaban J connectivity index is 1.54. The summed E-state index contributed by atoms with van der Waals surface area (Å²) in [5.41, 5.74) is 0.915. The van der Waals surface area contributed by atoms with Crippen molar-refractivity contribution in [2.75, 3.05) is 13.1 Å². The van der Waals surface area contributed by atoms with Gasteiger partial charge in [0.05, 0.1) is 0 Å². The maximum atomic E-state index is 12.0. The van der Waals surface area contributed by atoms with Crippen LogP contribution in [0.3, 0.4) is 0 Å². The van der Waals surface area contributed by atoms with E-state index in [1.165, 1.54) is 12.1 Å². The van der Waals surface area contributed by atoms with Crippen LogP contribution in [0.25, 0.3) is 0 Å². The standard InChI is InChI=1S/C18H29N3O2/c1-18(2,3)23-17(22)19-16-8-7-13-10-21(12-15(13)16)11-14-6-5-9-20(14)4/h5-6,9,13,15-16H,7-8,10-12H2,1-4H3,(H,19,22)/t13-,15-,16+/m0/s1. The number of amides is 1. The third-order valence-corrected chi connectivity index (χ3v) is 5.07. The molecule has 0 unspecified atom stereocenters. The minimum absolute atomic E-state index is 0.258. The molecule has 2 heterocycles. The fraction of sp³-hybridized carbons (Fsp3) is 0.722. The number of carbonyl (C=O) groups is 1. The van der Waals surface area contributed by atoms with E-state index in [9.17, 15) is 4.79 Å². The number of ether oxygens (including phenoxy) is 1. The van der Waals surface area contributed by atoms with Gasteiger partial charge < -0.3 is 14.6 Å². The van der Waals surface area contributed by atoms with E-state index in [1.54, 1.807) is 0 Å². The molecule has 1 aromatic heterocycles. The van der Waals surface area contributed by atoms with Crippen LogP contribution in [0.1, 0.15) is 39.3 Å². The number of likely N-dealkylation sites (tertiary alicyclic amines) is 1. The number of alkyl carbamates (subject to hydrolysis) is 1. The lowest BCUT2D eigenvalue weighted by Gasteiger charge is -2.25. The van der Waals surface area contributed by atoms with Crippen molar-refractivity contribution in [1.29, 1.82) is 0 Å². The molecule has 2 fully saturated rings. The van der Waals surface area contributed by atoms with E-state index >= 15 is 0 Å². The van der Waals surface area contributed by atoms with Gasteiger partial charge in [-0.05, 0) is 57.6 Å². The van der Waals surface area contributed by atoms with Gasteiger partial charge in [-0.1, -0.05) is 0 Å². The van der Waals surface area contributed by atoms with Crippen LogP contribution in [-0.4, -0.2) is 40.3 Å². The van der Waals surface area contributed by atoms with Crippen molar-refractivity contribution in [3.05, 3.63) is 24.0 Å². The quantitative estimate of drug-likeness (QED) is 0.932. The van der Waals surface area contributed by atoms with Crippen LogP contribution in [0.15, 0.2) is 18.3 Å². The number of nitrogens with zero attached hydrogens (tertiary/aromatic N) is 2. The minimum Gasteiger partial charge on any atom is -0.444 e. The average molecular weight is 319 g/mol. The van der Waals surface area contributed by atoms with E-state index in [0.29, 0.717) is 11.8 Å². The summed E-state index contributed by atoms with van der Waals surface area (Å²) in [6.45, 7) is 8.91. The summed E-state index contributed by atoms with van der Waals surface area (Å²) in [5, 5.41) is 3.10. The smallest absolute Gasteiger partial charge is 0.407 e. The van der Waals surface area contributed by atoms with Crippen molar-refractivity contribution in [2.24, 2.45) is 18.9 Å². The molecule has 0 bridgehead atoms. The fourth-order valence-electron chi connectivity index (χ4n) is 4.01. The third kappa shape index (κ3) is 3.89. The molecular formula is C18H29N3O2. The molecular weight excluding hydrogens is 290 g/mol. The predicted molar refractivity (Wildman–Crippen MR) is 90.1 cm³/mol. The summed E-state index contributed by atoms with van der Waals surface area (Å²) in [7, 11) is 2.10. The number of fused-ring (bicyclic) bond motifs is 1. The van der Waals surface area contributed by atoms with Gasteiger partial charge in [0.1, 0.15) is 5.60 Å². The molecule has 3 atom stereocenters. The first kappa shape index (κ1) is 16.4. The second-order valence-corrected chi connectivity index (χ2v) is 8.06. The highest BCUT2D eigenvalue weighted by Crippen LogP contribution is 2.38. The van der Waals surface area contributed by atoms with Crippen molar-refractivity contribution in [1.82, 2.24) is 14.8 Å². The van der Waals surface area contributed by atoms with Gasteiger partial charge in [-0.15, -0.1) is 0 Å². The molecule has 5 nitrogen and oxygen atoms in total. The highest BCUT2D eigenvalue weighted by molar-refractivity contribution is 5.68. The highest BCUT2D eigenvalue weighted by Gasteiger charge is 2.43. The first-order valence-electron chi connectivity index (χ1n) is 8.64. The Kier molecular flexibility index (Phi) is 4.41. The van der Waals surface area contributed by atoms with E-state index in [0.717, 1.165) is 26.1 Å². The summed E-state index contributed by atoms with van der Waals surface area (Å²) in [6, 6.07) is 4.54. The molecule has 1 N–H and O–H groups in total. The van der Waals surface area contributed by atoms with Crippen LogP contribution in [0.4, 0.5) is 4.79 Å². The number of aromatic nitrogens is 1. The summed E-state index contributed by atoms with van der Waals surface area (Å²) in [4.78, 5) is 14.6. The Labute approximate surface area is 139 Å². The zero-order valence-corrected chi connectivity index (χ0v) is 14.7. The molecule has 23 heavy (non-hydrogen) atoms. The first-order chi connectivity index (χ1) is 10.8. The van der Waals surface area contributed by atoms with E-state index < -0.39 is 5.60 Å². The number of nitrogens with one attached hydrogen (secondary N) is 1. The van der Waals surface area contributed by atoms with E-state index in [1.807, 2.05) is 20.8 Å². The van der Waals surface area contributed by atoms with Crippen molar-refractivity contribution < 1.29 is 9.53 Å². The number of hydrogen-bond donors (Lipinski definition) is 1. The summed E-state index contributed by atoms with van der Waals surface area (Å²) in [6.07, 6.45) is 4.10. The molecule has 0 spiro atoms. The van der Waals surface area contributed by atoms with Crippen LogP contribution in [0.5, 0.6) is 0 Å². The third-order valence-electron chi connectivity index (χ3n) is 5.07. The van der Waals surface area contributed by atoms with Crippen LogP contribution in [-0.2, 0) is 18.3 Å². The number of rotatable bonds is 3. The van der Waals surface area contributed by atoms with Crippen LogP contribution < -0.4 is 5.32 Å². The molecule has 0 aromatic carbocycles. The van der Waals surface area contributed by atoms with Gasteiger partial charge in [0.25, 0.3) is 0 Å². The second-order valence-electron chi connectivity index (χ2n) is 8.06. The van der Waals surface area contributed by atoms with Crippen LogP contribution in [0.2, 0.25) is 0 Å². The van der Waals surface area contributed by atoms with Crippen molar-refractivity contribution in [3.8, 4) is 0 Å². The zero-order chi connectivity index (χ0) is 16.6. The van der Waals surface area contributed by atoms with Crippen molar-refractivity contribution >= 4 is 6.09 Å². The van der Waals surface area contributed by atoms with Crippen molar-refractivity contribution in [2.45, 2.75) is 51.8 Å². The lowest BCUT2D eigenvalue weighted by molar-refractivity contribution is 0.0491. The molecule has 5 heteroatoms. The summed E-state index contributed by atoms with van der Waals surface area (Å²) in [5.74, 6) is 1.26. The normalized spacial score (nSPS) is 27.9. The van der Waals surface area contributed by atoms with Crippen LogP contribution >= 0.6 is 0 Å². The number of aryl methyl sites for hydroxylation is 1. The van der Waals surface area contributed by atoms with E-state index in [2.05, 4.69) is 40.2 Å². The van der Waals surface area contributed by atoms with E-state index in [4.69, 9.17) is 4.74 Å². The molecule has 2 aliphatic rings. The molecule has 3 rings (SSSR count). The monoisotopic (exact) mass is 319 g/mol. The zero-order valence-electron chi connectivity index (χ0n) is 14.7. The van der Waals surface area contributed by atoms with Gasteiger partial charge in [0.2, 0.25) is 0 Å². The Morgan fingerprint density at radius 3 is 2.78 bits per heavy atom. The lowest BCUT2D eigenvalue weighted by atomic mass is 9.98. The number of carbonyl (C=O) groups excluding carboxylic acids is 1. The first-order valence-corrected chi connectivity index (χ1v) is 8.64. The second kappa shape index (κ2) is 6.19. The van der Waals surface area contributed by atoms with Gasteiger partial charge in [-0.25, -0.2) is 4.79 Å². The Morgan fingerprint density at radius 2 is 2.13 bits per heavy atom. The summed E-state index contributed by atoms with van der Waals surface area (Å²) < 4.78 is 7.59. The predicted octanol–water partition coefficient (Wildman–Crippen LogP) is 2.76. The van der Waals surface area contributed by atoms with Gasteiger partial charge in [0, 0.05) is 44.6 Å². The molecule has 0 radical (unpaired) electrons. The molecule has 1 saturated carbocycles. The Morgan fingerprint density at radius 1 is 1.35 bits per heavy atom. The van der Waals surface area contributed by atoms with Crippen LogP contribution in [0, 0.1) is 11.8 Å². The van der Waals surface area contributed by atoms with Gasteiger partial charge in [-0.3, -0.25) is 4.90 Å². The lowest BCUT2D eigenvalue weighted by Crippen LogP contribution is -2.42. The largest absolute Gasteiger partial charge is 0.444 e. The topological polar surface area (TPSA) is 46.5 Å². The maximum absolute atomic E-state index is 12.0. The van der Waals surface area contributed by atoms with Gasteiger partial charge in [0.15, 0.2) is 0 Å². The summed E-state index contributed by atoms with van der Waals surface area (Å²) >= 11 is 0. The van der Waals surface area contributed by atoms with Crippen molar-refractivity contribution in [3.63, 3.8) is 0 Å². The van der Waals surface area contributed by atoms with Gasteiger partial charge in [-0.2, -0.15) is 0 Å². The van der Waals surface area contributed by atoms with Gasteiger partial charge >= 0.3 is 6.09 Å². The Hall–Kier alpha value is -1.49. The Bertz CT molecular complexity index is 561. The van der Waals surface area contributed by atoms with E-state index in [-0.39, 0.29) is 12.1 Å². The minimum atomic E-state index is -0.434. The molecule has 128 valence electrons. The SMILES string of the molecule is Cn1cccc1CN1C[C@@H]2CC[C@@H](NC(=O)OC(C)(C)C)[C@H]2C1. The number of hydrogen-bond acceptors (Lipinski definition) is 3. The molecule has 1 aliphatic carbocycles. The fourth-order valence-corrected chi connectivity index (χ4v) is 4.01. The molecule has 1 saturated heterocycles. The molecule has 1 aromatic rings. The highest BCUT2D eigenvalue weighted by atomic mass is 16.6. The molecule has 1 aliphatic heterocycles. The average Bonchev–Trinajstić information content (AvgIpc) is 3.08. The maximum Gasteiger partial charge on any atom is 0.407 e. The molecule has 1 amide bonds.